The normalized spacial score (nSPS) is 11.5. The molecule has 99 heavy (non-hydrogen) atoms. The fourth-order valence-electron chi connectivity index (χ4n) is 14.2. The van der Waals surface area contributed by atoms with Gasteiger partial charge in [-0.15, -0.1) is 22.7 Å². The van der Waals surface area contributed by atoms with Gasteiger partial charge < -0.3 is 28.4 Å². The van der Waals surface area contributed by atoms with Crippen LogP contribution < -0.4 is 19.6 Å². The lowest BCUT2D eigenvalue weighted by atomic mass is 10.0. The Hall–Kier alpha value is -12.5. The number of aryl methyl sites for hydroxylation is 1. The summed E-state index contributed by atoms with van der Waals surface area (Å²) in [5.74, 6) is 0. The van der Waals surface area contributed by atoms with Gasteiger partial charge in [-0.1, -0.05) is 170 Å². The average molecular weight is 1310 g/mol. The Balaban J connectivity index is 0.000000144. The molecule has 19 rings (SSSR count). The lowest BCUT2D eigenvalue weighted by Gasteiger charge is -2.26. The highest BCUT2D eigenvalue weighted by molar-refractivity contribution is 7.26. The summed E-state index contributed by atoms with van der Waals surface area (Å²) in [6, 6.07) is 127. The second-order valence-electron chi connectivity index (χ2n) is 24.8. The third kappa shape index (κ3) is 10.9. The first-order chi connectivity index (χ1) is 49.0. The number of nitrogens with zero attached hydrogens (tertiary/aromatic N) is 4. The summed E-state index contributed by atoms with van der Waals surface area (Å²) in [4.78, 5) is 9.28. The quantitative estimate of drug-likeness (QED) is 0.115. The SMILES string of the molecule is Cc1cccc2sc3ccc(N(c4ccccc4)c4ccc5c(c4)oc4ccc(N(c6ccccc6)c6ccccc6)cc45)cc3c12.c1ccc(-c2ccc(N(c3ccc4c(c3)oc3ccc(N(c5ccccc5)c5ccccc5)cc34)c3cccc4sc5ccccc5c34)cc2)cc1. The number of fused-ring (bicyclic) bond motifs is 12. The van der Waals surface area contributed by atoms with E-state index in [1.165, 1.54) is 57.0 Å². The number of benzene rings is 15. The number of para-hydroxylation sites is 5. The van der Waals surface area contributed by atoms with E-state index < -0.39 is 0 Å². The Morgan fingerprint density at radius 3 is 1.08 bits per heavy atom. The second kappa shape index (κ2) is 25.3. The lowest BCUT2D eigenvalue weighted by molar-refractivity contribution is 0.668. The summed E-state index contributed by atoms with van der Waals surface area (Å²) in [5.41, 5.74) is 20.3. The van der Waals surface area contributed by atoms with Crippen molar-refractivity contribution in [2.24, 2.45) is 0 Å². The zero-order valence-corrected chi connectivity index (χ0v) is 55.6. The Labute approximate surface area is 581 Å². The molecule has 6 nitrogen and oxygen atoms in total. The van der Waals surface area contributed by atoms with Crippen molar-refractivity contribution in [3.8, 4) is 11.1 Å². The molecule has 0 radical (unpaired) electrons. The van der Waals surface area contributed by atoms with E-state index in [4.69, 9.17) is 8.83 Å². The van der Waals surface area contributed by atoms with Crippen molar-refractivity contribution >= 4 is 175 Å². The first kappa shape index (κ1) is 59.1. The summed E-state index contributed by atoms with van der Waals surface area (Å²) in [7, 11) is 0. The number of hydrogen-bond donors (Lipinski definition) is 0. The predicted octanol–water partition coefficient (Wildman–Crippen LogP) is 27.8. The van der Waals surface area contributed by atoms with Crippen LogP contribution in [0.1, 0.15) is 5.56 Å². The van der Waals surface area contributed by atoms with Crippen LogP contribution in [0, 0.1) is 6.92 Å². The molecule has 0 saturated heterocycles. The van der Waals surface area contributed by atoms with Crippen molar-refractivity contribution in [1.29, 1.82) is 0 Å². The van der Waals surface area contributed by atoms with Gasteiger partial charge in [-0.25, -0.2) is 0 Å². The number of thiophene rings is 2. The molecule has 19 aromatic rings. The van der Waals surface area contributed by atoms with Crippen LogP contribution in [-0.2, 0) is 0 Å². The fourth-order valence-corrected chi connectivity index (χ4v) is 16.5. The molecule has 0 saturated carbocycles. The van der Waals surface area contributed by atoms with Crippen molar-refractivity contribution in [2.45, 2.75) is 6.92 Å². The average Bonchev–Trinajstić information content (AvgIpc) is 1.63. The highest BCUT2D eigenvalue weighted by Crippen LogP contribution is 2.49. The minimum absolute atomic E-state index is 0.851. The first-order valence-electron chi connectivity index (χ1n) is 33.4. The van der Waals surface area contributed by atoms with Crippen LogP contribution in [0.3, 0.4) is 0 Å². The Morgan fingerprint density at radius 2 is 0.566 bits per heavy atom. The minimum Gasteiger partial charge on any atom is -0.456 e. The molecule has 4 heterocycles. The minimum atomic E-state index is 0.851. The van der Waals surface area contributed by atoms with Gasteiger partial charge in [0, 0.05) is 137 Å². The van der Waals surface area contributed by atoms with Crippen LogP contribution in [-0.4, -0.2) is 0 Å². The van der Waals surface area contributed by atoms with Gasteiger partial charge in [0.15, 0.2) is 0 Å². The topological polar surface area (TPSA) is 39.2 Å². The molecular weight excluding hydrogens is 1250 g/mol. The van der Waals surface area contributed by atoms with Crippen molar-refractivity contribution in [3.05, 3.63) is 363 Å². The molecule has 0 amide bonds. The van der Waals surface area contributed by atoms with Gasteiger partial charge >= 0.3 is 0 Å². The zero-order chi connectivity index (χ0) is 65.8. The zero-order valence-electron chi connectivity index (χ0n) is 54.0. The molecule has 0 bridgehead atoms. The highest BCUT2D eigenvalue weighted by atomic mass is 32.1. The summed E-state index contributed by atoms with van der Waals surface area (Å²) in [6.07, 6.45) is 0. The molecule has 470 valence electrons. The largest absolute Gasteiger partial charge is 0.456 e. The van der Waals surface area contributed by atoms with E-state index in [-0.39, 0.29) is 0 Å². The van der Waals surface area contributed by atoms with Crippen LogP contribution in [0.5, 0.6) is 0 Å². The molecule has 0 unspecified atom stereocenters. The number of hydrogen-bond acceptors (Lipinski definition) is 8. The summed E-state index contributed by atoms with van der Waals surface area (Å²) in [6.45, 7) is 2.20. The van der Waals surface area contributed by atoms with E-state index in [1.54, 1.807) is 0 Å². The molecule has 0 atom stereocenters. The molecule has 15 aromatic carbocycles. The van der Waals surface area contributed by atoms with E-state index in [9.17, 15) is 0 Å². The molecule has 0 aliphatic rings. The van der Waals surface area contributed by atoms with Crippen LogP contribution in [0.25, 0.3) is 95.3 Å². The van der Waals surface area contributed by atoms with Gasteiger partial charge in [0.2, 0.25) is 0 Å². The molecule has 0 spiro atoms. The molecule has 0 N–H and O–H groups in total. The molecule has 0 aliphatic carbocycles. The van der Waals surface area contributed by atoms with E-state index in [1.807, 2.05) is 22.7 Å². The Morgan fingerprint density at radius 1 is 0.212 bits per heavy atom. The summed E-state index contributed by atoms with van der Waals surface area (Å²) < 4.78 is 18.4. The number of anilines is 12. The predicted molar refractivity (Wildman–Crippen MR) is 422 cm³/mol. The standard InChI is InChI=1S/C48H32N2OS.C43H30N2OS/c1-4-13-33(14-5-1)34-23-25-37(26-24-34)50(43-20-12-22-47-48(43)41-19-10-11-21-46(41)52-47)39-27-29-40-42-31-38(28-30-44(42)51-45(40)32-39)49(35-15-6-2-7-16-35)36-17-8-3-9-18-36;1-29-12-11-19-42-43(29)38-27-34(22-25-41(38)47-42)45(32-17-9-4-10-18-32)35-20-23-36-37-26-33(21-24-39(37)46-40(36)28-35)44(30-13-5-2-6-14-30)31-15-7-3-8-16-31/h1-32H;2-28H,1H3. The van der Waals surface area contributed by atoms with Crippen molar-refractivity contribution in [1.82, 2.24) is 0 Å². The van der Waals surface area contributed by atoms with E-state index >= 15 is 0 Å². The second-order valence-corrected chi connectivity index (χ2v) is 27.0. The highest BCUT2D eigenvalue weighted by Gasteiger charge is 2.24. The maximum atomic E-state index is 6.64. The van der Waals surface area contributed by atoms with E-state index in [0.717, 1.165) is 112 Å². The summed E-state index contributed by atoms with van der Waals surface area (Å²) >= 11 is 3.70. The van der Waals surface area contributed by atoms with Crippen LogP contribution in [0.15, 0.2) is 367 Å². The first-order valence-corrected chi connectivity index (χ1v) is 35.0. The van der Waals surface area contributed by atoms with E-state index in [0.29, 0.717) is 0 Å². The number of furan rings is 2. The summed E-state index contributed by atoms with van der Waals surface area (Å²) in [5, 5.41) is 9.50. The van der Waals surface area contributed by atoms with Crippen molar-refractivity contribution < 1.29 is 8.83 Å². The van der Waals surface area contributed by atoms with Crippen molar-refractivity contribution in [2.75, 3.05) is 19.6 Å². The molecule has 0 fully saturated rings. The smallest absolute Gasteiger partial charge is 0.137 e. The monoisotopic (exact) mass is 1310 g/mol. The molecule has 0 aliphatic heterocycles. The van der Waals surface area contributed by atoms with Gasteiger partial charge in [0.05, 0.1) is 5.69 Å². The maximum absolute atomic E-state index is 6.64. The van der Waals surface area contributed by atoms with Crippen LogP contribution >= 0.6 is 22.7 Å². The third-order valence-electron chi connectivity index (χ3n) is 18.8. The van der Waals surface area contributed by atoms with Crippen molar-refractivity contribution in [3.63, 3.8) is 0 Å². The van der Waals surface area contributed by atoms with Gasteiger partial charge in [-0.2, -0.15) is 0 Å². The van der Waals surface area contributed by atoms with Gasteiger partial charge in [-0.05, 0) is 200 Å². The number of rotatable bonds is 13. The van der Waals surface area contributed by atoms with Gasteiger partial charge in [0.1, 0.15) is 22.3 Å². The van der Waals surface area contributed by atoms with E-state index in [2.05, 4.69) is 384 Å². The molecule has 8 heteroatoms. The lowest BCUT2D eigenvalue weighted by Crippen LogP contribution is -2.10. The van der Waals surface area contributed by atoms with Gasteiger partial charge in [0.25, 0.3) is 0 Å². The molecular formula is C91H62N4O2S2. The van der Waals surface area contributed by atoms with Crippen LogP contribution in [0.2, 0.25) is 0 Å². The van der Waals surface area contributed by atoms with Gasteiger partial charge in [-0.3, -0.25) is 0 Å². The fraction of sp³-hybridized carbons (Fsp3) is 0.0110. The Bertz CT molecular complexity index is 6050. The Kier molecular flexibility index (Phi) is 15.1. The third-order valence-corrected chi connectivity index (χ3v) is 21.1. The maximum Gasteiger partial charge on any atom is 0.137 e. The van der Waals surface area contributed by atoms with Crippen LogP contribution in [0.4, 0.5) is 68.2 Å². The molecule has 4 aromatic heterocycles.